The molecule has 1 aliphatic heterocycles. The second kappa shape index (κ2) is 7.14. The van der Waals surface area contributed by atoms with E-state index in [4.69, 9.17) is 9.26 Å². The summed E-state index contributed by atoms with van der Waals surface area (Å²) in [6.07, 6.45) is 3.94. The number of likely N-dealkylation sites (tertiary alicyclic amines) is 1. The highest BCUT2D eigenvalue weighted by molar-refractivity contribution is 5.81. The van der Waals surface area contributed by atoms with Crippen LogP contribution in [0.3, 0.4) is 0 Å². The van der Waals surface area contributed by atoms with Gasteiger partial charge in [-0.1, -0.05) is 32.4 Å². The third kappa shape index (κ3) is 3.43. The zero-order chi connectivity index (χ0) is 15.4. The highest BCUT2D eigenvalue weighted by Gasteiger charge is 2.22. The molecule has 0 bridgehead atoms. The van der Waals surface area contributed by atoms with Crippen LogP contribution in [0.5, 0.6) is 5.88 Å². The first-order valence-corrected chi connectivity index (χ1v) is 8.47. The smallest absolute Gasteiger partial charge is 0.262 e. The molecule has 0 saturated carbocycles. The molecule has 120 valence electrons. The van der Waals surface area contributed by atoms with E-state index in [1.807, 2.05) is 24.3 Å². The van der Waals surface area contributed by atoms with Crippen molar-refractivity contribution >= 4 is 11.0 Å². The van der Waals surface area contributed by atoms with E-state index in [2.05, 4.69) is 23.9 Å². The van der Waals surface area contributed by atoms with Crippen molar-refractivity contribution in [1.82, 2.24) is 10.1 Å². The van der Waals surface area contributed by atoms with Gasteiger partial charge in [-0.15, -0.1) is 0 Å². The number of benzene rings is 1. The van der Waals surface area contributed by atoms with Crippen LogP contribution in [0.25, 0.3) is 11.0 Å². The lowest BCUT2D eigenvalue weighted by Crippen LogP contribution is -2.37. The molecule has 4 heteroatoms. The predicted octanol–water partition coefficient (Wildman–Crippen LogP) is 3.96. The Morgan fingerprint density at radius 3 is 2.86 bits per heavy atom. The molecule has 1 atom stereocenters. The number of fused-ring (bicyclic) bond motifs is 1. The van der Waals surface area contributed by atoms with E-state index in [1.54, 1.807) is 0 Å². The van der Waals surface area contributed by atoms with Crippen LogP contribution < -0.4 is 4.74 Å². The van der Waals surface area contributed by atoms with Crippen molar-refractivity contribution in [3.8, 4) is 5.88 Å². The van der Waals surface area contributed by atoms with E-state index in [9.17, 15) is 0 Å². The molecule has 0 amide bonds. The van der Waals surface area contributed by atoms with Crippen LogP contribution in [-0.4, -0.2) is 36.3 Å². The summed E-state index contributed by atoms with van der Waals surface area (Å²) in [4.78, 5) is 2.50. The summed E-state index contributed by atoms with van der Waals surface area (Å²) >= 11 is 0. The summed E-state index contributed by atoms with van der Waals surface area (Å²) in [6, 6.07) is 7.82. The molecule has 1 aliphatic rings. The summed E-state index contributed by atoms with van der Waals surface area (Å²) in [7, 11) is 0. The number of para-hydroxylation sites is 1. The van der Waals surface area contributed by atoms with Gasteiger partial charge in [0, 0.05) is 6.54 Å². The van der Waals surface area contributed by atoms with E-state index < -0.39 is 0 Å². The van der Waals surface area contributed by atoms with Crippen LogP contribution in [0.15, 0.2) is 28.8 Å². The standard InChI is InChI=1S/C18H26N2O2/c1-3-14(2)15-8-10-20(11-9-15)12-13-21-18-16-6-4-5-7-17(16)22-19-18/h4-7,14-15H,3,8-13H2,1-2H3. The zero-order valence-corrected chi connectivity index (χ0v) is 13.6. The van der Waals surface area contributed by atoms with E-state index >= 15 is 0 Å². The fourth-order valence-corrected chi connectivity index (χ4v) is 3.32. The first kappa shape index (κ1) is 15.3. The molecule has 0 radical (unpaired) electrons. The van der Waals surface area contributed by atoms with Gasteiger partial charge in [-0.05, 0) is 55.1 Å². The normalized spacial score (nSPS) is 18.6. The Hall–Kier alpha value is -1.55. The summed E-state index contributed by atoms with van der Waals surface area (Å²) in [6.45, 7) is 8.71. The Morgan fingerprint density at radius 2 is 2.09 bits per heavy atom. The molecule has 0 aliphatic carbocycles. The molecule has 22 heavy (non-hydrogen) atoms. The van der Waals surface area contributed by atoms with E-state index in [1.165, 1.54) is 32.4 Å². The van der Waals surface area contributed by atoms with E-state index in [0.717, 1.165) is 29.3 Å². The fourth-order valence-electron chi connectivity index (χ4n) is 3.32. The van der Waals surface area contributed by atoms with Crippen molar-refractivity contribution in [1.29, 1.82) is 0 Å². The minimum atomic E-state index is 0.616. The molecule has 0 spiro atoms. The van der Waals surface area contributed by atoms with Gasteiger partial charge in [0.05, 0.1) is 5.39 Å². The Morgan fingerprint density at radius 1 is 1.32 bits per heavy atom. The van der Waals surface area contributed by atoms with Crippen molar-refractivity contribution in [2.45, 2.75) is 33.1 Å². The van der Waals surface area contributed by atoms with Crippen LogP contribution in [0.2, 0.25) is 0 Å². The number of piperidine rings is 1. The van der Waals surface area contributed by atoms with Crippen LogP contribution in [0.1, 0.15) is 33.1 Å². The second-order valence-corrected chi connectivity index (χ2v) is 6.40. The number of rotatable bonds is 6. The van der Waals surface area contributed by atoms with Crippen LogP contribution in [-0.2, 0) is 0 Å². The maximum atomic E-state index is 5.81. The van der Waals surface area contributed by atoms with Gasteiger partial charge in [-0.2, -0.15) is 0 Å². The molecule has 1 saturated heterocycles. The summed E-state index contributed by atoms with van der Waals surface area (Å²) in [5.74, 6) is 2.38. The molecule has 1 unspecified atom stereocenters. The van der Waals surface area contributed by atoms with Crippen LogP contribution >= 0.6 is 0 Å². The molecular weight excluding hydrogens is 276 g/mol. The number of nitrogens with zero attached hydrogens (tertiary/aromatic N) is 2. The SMILES string of the molecule is CCC(C)C1CCN(CCOc2noc3ccccc23)CC1. The largest absolute Gasteiger partial charge is 0.474 e. The maximum absolute atomic E-state index is 5.81. The van der Waals surface area contributed by atoms with Gasteiger partial charge >= 0.3 is 0 Å². The zero-order valence-electron chi connectivity index (χ0n) is 13.6. The highest BCUT2D eigenvalue weighted by atomic mass is 16.5. The van der Waals surface area contributed by atoms with E-state index in [-0.39, 0.29) is 0 Å². The monoisotopic (exact) mass is 302 g/mol. The summed E-state index contributed by atoms with van der Waals surface area (Å²) in [5, 5.41) is 4.97. The topological polar surface area (TPSA) is 38.5 Å². The molecule has 1 aromatic carbocycles. The lowest BCUT2D eigenvalue weighted by atomic mass is 9.84. The lowest BCUT2D eigenvalue weighted by molar-refractivity contribution is 0.129. The van der Waals surface area contributed by atoms with Gasteiger partial charge in [0.25, 0.3) is 5.88 Å². The fraction of sp³-hybridized carbons (Fsp3) is 0.611. The maximum Gasteiger partial charge on any atom is 0.262 e. The predicted molar refractivity (Wildman–Crippen MR) is 88.1 cm³/mol. The van der Waals surface area contributed by atoms with Crippen molar-refractivity contribution in [2.24, 2.45) is 11.8 Å². The van der Waals surface area contributed by atoms with Gasteiger partial charge in [-0.25, -0.2) is 0 Å². The molecule has 3 rings (SSSR count). The molecule has 4 nitrogen and oxygen atoms in total. The third-order valence-corrected chi connectivity index (χ3v) is 5.07. The first-order chi connectivity index (χ1) is 10.8. The Balaban J connectivity index is 1.44. The summed E-state index contributed by atoms with van der Waals surface area (Å²) in [5.41, 5.74) is 0.784. The molecule has 1 fully saturated rings. The van der Waals surface area contributed by atoms with Crippen LogP contribution in [0.4, 0.5) is 0 Å². The highest BCUT2D eigenvalue weighted by Crippen LogP contribution is 2.27. The molecule has 2 heterocycles. The van der Waals surface area contributed by atoms with Gasteiger partial charge in [0.2, 0.25) is 0 Å². The van der Waals surface area contributed by atoms with Crippen molar-refractivity contribution in [3.63, 3.8) is 0 Å². The van der Waals surface area contributed by atoms with Crippen molar-refractivity contribution < 1.29 is 9.26 Å². The average Bonchev–Trinajstić information content (AvgIpc) is 2.98. The Kier molecular flexibility index (Phi) is 4.98. The number of hydrogen-bond acceptors (Lipinski definition) is 4. The number of hydrogen-bond donors (Lipinski definition) is 0. The van der Waals surface area contributed by atoms with Crippen molar-refractivity contribution in [3.05, 3.63) is 24.3 Å². The van der Waals surface area contributed by atoms with Crippen molar-refractivity contribution in [2.75, 3.05) is 26.2 Å². The van der Waals surface area contributed by atoms with Gasteiger partial charge in [0.15, 0.2) is 5.58 Å². The average molecular weight is 302 g/mol. The quantitative estimate of drug-likeness (QED) is 0.809. The molecule has 1 aromatic heterocycles. The third-order valence-electron chi connectivity index (χ3n) is 5.07. The van der Waals surface area contributed by atoms with Gasteiger partial charge in [0.1, 0.15) is 6.61 Å². The molecule has 0 N–H and O–H groups in total. The molecular formula is C18H26N2O2. The second-order valence-electron chi connectivity index (χ2n) is 6.40. The van der Waals surface area contributed by atoms with Gasteiger partial charge in [-0.3, -0.25) is 4.90 Å². The minimum absolute atomic E-state index is 0.616. The first-order valence-electron chi connectivity index (χ1n) is 8.47. The lowest BCUT2D eigenvalue weighted by Gasteiger charge is -2.34. The Bertz CT molecular complexity index is 588. The van der Waals surface area contributed by atoms with Crippen LogP contribution in [0, 0.1) is 11.8 Å². The molecule has 2 aromatic rings. The summed E-state index contributed by atoms with van der Waals surface area (Å²) < 4.78 is 11.1. The Labute approximate surface area is 132 Å². The number of aromatic nitrogens is 1. The van der Waals surface area contributed by atoms with Gasteiger partial charge < -0.3 is 9.26 Å². The minimum Gasteiger partial charge on any atom is -0.474 e. The number of ether oxygens (including phenoxy) is 1. The van der Waals surface area contributed by atoms with E-state index in [0.29, 0.717) is 12.5 Å².